The zero-order valence-electron chi connectivity index (χ0n) is 16.8. The lowest BCUT2D eigenvalue weighted by molar-refractivity contribution is -0.154. The molecule has 1 fully saturated rings. The number of amides is 1. The van der Waals surface area contributed by atoms with Gasteiger partial charge in [-0.1, -0.05) is 43.3 Å². The Bertz CT molecular complexity index is 848. The molecule has 1 aromatic carbocycles. The Morgan fingerprint density at radius 1 is 1.25 bits per heavy atom. The average molecular weight is 384 g/mol. The van der Waals surface area contributed by atoms with Gasteiger partial charge in [-0.25, -0.2) is 0 Å². The van der Waals surface area contributed by atoms with Crippen molar-refractivity contribution in [3.8, 4) is 11.3 Å². The fourth-order valence-corrected chi connectivity index (χ4v) is 3.85. The van der Waals surface area contributed by atoms with Crippen molar-refractivity contribution < 1.29 is 19.2 Å². The molecule has 1 aromatic heterocycles. The first-order valence-electron chi connectivity index (χ1n) is 9.83. The fourth-order valence-electron chi connectivity index (χ4n) is 3.85. The molecule has 0 saturated carbocycles. The third kappa shape index (κ3) is 4.26. The first-order chi connectivity index (χ1) is 13.3. The van der Waals surface area contributed by atoms with Crippen molar-refractivity contribution in [2.24, 2.45) is 11.3 Å². The van der Waals surface area contributed by atoms with Crippen LogP contribution in [0.5, 0.6) is 0 Å². The third-order valence-electron chi connectivity index (χ3n) is 5.60. The van der Waals surface area contributed by atoms with Crippen LogP contribution in [0.2, 0.25) is 0 Å². The number of carbonyl (C=O) groups excluding carboxylic acids is 1. The molecule has 1 amide bonds. The normalized spacial score (nSPS) is 16.4. The average Bonchev–Trinajstić information content (AvgIpc) is 3.10. The van der Waals surface area contributed by atoms with E-state index in [4.69, 9.17) is 4.52 Å². The van der Waals surface area contributed by atoms with E-state index in [9.17, 15) is 14.7 Å². The van der Waals surface area contributed by atoms with Gasteiger partial charge in [0.1, 0.15) is 11.5 Å². The molecule has 28 heavy (non-hydrogen) atoms. The number of carboxylic acids is 1. The Labute approximate surface area is 165 Å². The highest BCUT2D eigenvalue weighted by atomic mass is 16.5. The summed E-state index contributed by atoms with van der Waals surface area (Å²) >= 11 is 0. The van der Waals surface area contributed by atoms with Crippen LogP contribution in [0.1, 0.15) is 44.4 Å². The largest absolute Gasteiger partial charge is 0.481 e. The highest BCUT2D eigenvalue weighted by Gasteiger charge is 2.43. The minimum Gasteiger partial charge on any atom is -0.481 e. The zero-order valence-corrected chi connectivity index (χ0v) is 16.8. The summed E-state index contributed by atoms with van der Waals surface area (Å²) in [4.78, 5) is 26.2. The number of carbonyl (C=O) groups is 2. The molecule has 1 N–H and O–H groups in total. The van der Waals surface area contributed by atoms with E-state index in [1.54, 1.807) is 4.90 Å². The Hall–Kier alpha value is -2.63. The number of aliphatic carboxylic acids is 1. The Morgan fingerprint density at radius 2 is 1.93 bits per heavy atom. The molecule has 1 aliphatic heterocycles. The van der Waals surface area contributed by atoms with E-state index in [1.807, 2.05) is 51.1 Å². The second-order valence-corrected chi connectivity index (χ2v) is 8.23. The minimum absolute atomic E-state index is 0.107. The Balaban J connectivity index is 1.72. The van der Waals surface area contributed by atoms with E-state index in [2.05, 4.69) is 5.16 Å². The van der Waals surface area contributed by atoms with Gasteiger partial charge in [-0.3, -0.25) is 9.59 Å². The number of hydrogen-bond donors (Lipinski definition) is 1. The molecule has 0 atom stereocenters. The maximum Gasteiger partial charge on any atom is 0.310 e. The van der Waals surface area contributed by atoms with Crippen LogP contribution in [0, 0.1) is 18.3 Å². The van der Waals surface area contributed by atoms with E-state index in [1.165, 1.54) is 0 Å². The van der Waals surface area contributed by atoms with E-state index in [0.717, 1.165) is 16.8 Å². The maximum atomic E-state index is 12.3. The number of carboxylic acid groups (broad SMARTS) is 1. The van der Waals surface area contributed by atoms with Gasteiger partial charge in [-0.05, 0) is 31.2 Å². The van der Waals surface area contributed by atoms with Crippen molar-refractivity contribution in [3.05, 3.63) is 41.7 Å². The number of hydrogen-bond acceptors (Lipinski definition) is 4. The standard InChI is InChI=1S/C22H28N2O4/c1-15(2)12-20(25)24-10-8-22(9-11-24,21(26)27)14-17-13-19(23-28-17)18-7-5-4-6-16(18)3/h4-7,13,15H,8-12,14H2,1-3H3,(H,26,27). The number of rotatable bonds is 6. The summed E-state index contributed by atoms with van der Waals surface area (Å²) < 4.78 is 5.49. The topological polar surface area (TPSA) is 83.6 Å². The molecule has 3 rings (SSSR count). The number of benzene rings is 1. The van der Waals surface area contributed by atoms with Gasteiger partial charge in [-0.15, -0.1) is 0 Å². The molecule has 2 heterocycles. The molecule has 0 spiro atoms. The van der Waals surface area contributed by atoms with Gasteiger partial charge >= 0.3 is 5.97 Å². The fraction of sp³-hybridized carbons (Fsp3) is 0.500. The van der Waals surface area contributed by atoms with Gasteiger partial charge in [-0.2, -0.15) is 0 Å². The van der Waals surface area contributed by atoms with Crippen LogP contribution < -0.4 is 0 Å². The van der Waals surface area contributed by atoms with Gasteiger partial charge in [0.25, 0.3) is 0 Å². The Kier molecular flexibility index (Phi) is 5.87. The first kappa shape index (κ1) is 20.1. The SMILES string of the molecule is Cc1ccccc1-c1cc(CC2(C(=O)O)CCN(C(=O)CC(C)C)CC2)on1. The molecule has 2 aromatic rings. The van der Waals surface area contributed by atoms with Gasteiger partial charge in [0.05, 0.1) is 5.41 Å². The summed E-state index contributed by atoms with van der Waals surface area (Å²) in [6.07, 6.45) is 1.63. The minimum atomic E-state index is -0.919. The maximum absolute atomic E-state index is 12.3. The van der Waals surface area contributed by atoms with E-state index in [-0.39, 0.29) is 12.3 Å². The van der Waals surface area contributed by atoms with Crippen LogP contribution in [-0.2, 0) is 16.0 Å². The first-order valence-corrected chi connectivity index (χ1v) is 9.83. The van der Waals surface area contributed by atoms with Crippen molar-refractivity contribution in [1.82, 2.24) is 10.1 Å². The van der Waals surface area contributed by atoms with Crippen molar-refractivity contribution in [3.63, 3.8) is 0 Å². The summed E-state index contributed by atoms with van der Waals surface area (Å²) in [6, 6.07) is 9.73. The molecule has 0 radical (unpaired) electrons. The van der Waals surface area contributed by atoms with E-state index >= 15 is 0 Å². The molecule has 6 heteroatoms. The van der Waals surface area contributed by atoms with Crippen molar-refractivity contribution >= 4 is 11.9 Å². The van der Waals surface area contributed by atoms with Crippen LogP contribution in [0.4, 0.5) is 0 Å². The molecule has 0 bridgehead atoms. The number of piperidine rings is 1. The quantitative estimate of drug-likeness (QED) is 0.816. The summed E-state index contributed by atoms with van der Waals surface area (Å²) in [5.74, 6) is 0.142. The van der Waals surface area contributed by atoms with Crippen LogP contribution in [0.3, 0.4) is 0 Å². The van der Waals surface area contributed by atoms with Gasteiger partial charge < -0.3 is 14.5 Å². The van der Waals surface area contributed by atoms with E-state index < -0.39 is 11.4 Å². The number of aromatic nitrogens is 1. The summed E-state index contributed by atoms with van der Waals surface area (Å²) in [5.41, 5.74) is 1.87. The van der Waals surface area contributed by atoms with Crippen LogP contribution >= 0.6 is 0 Å². The predicted molar refractivity (Wildman–Crippen MR) is 106 cm³/mol. The second kappa shape index (κ2) is 8.17. The number of likely N-dealkylation sites (tertiary alicyclic amines) is 1. The lowest BCUT2D eigenvalue weighted by Crippen LogP contribution is -2.47. The monoisotopic (exact) mass is 384 g/mol. The highest BCUT2D eigenvalue weighted by Crippen LogP contribution is 2.37. The third-order valence-corrected chi connectivity index (χ3v) is 5.60. The van der Waals surface area contributed by atoms with E-state index in [0.29, 0.717) is 44.0 Å². The van der Waals surface area contributed by atoms with Gasteiger partial charge in [0, 0.05) is 37.6 Å². The van der Waals surface area contributed by atoms with Crippen LogP contribution in [0.15, 0.2) is 34.9 Å². The van der Waals surface area contributed by atoms with Gasteiger partial charge in [0.2, 0.25) is 5.91 Å². The van der Waals surface area contributed by atoms with Crippen molar-refractivity contribution in [2.75, 3.05) is 13.1 Å². The second-order valence-electron chi connectivity index (χ2n) is 8.23. The van der Waals surface area contributed by atoms with Crippen molar-refractivity contribution in [2.45, 2.75) is 46.5 Å². The Morgan fingerprint density at radius 3 is 2.54 bits per heavy atom. The number of nitrogens with zero attached hydrogens (tertiary/aromatic N) is 2. The molecule has 0 aliphatic carbocycles. The highest BCUT2D eigenvalue weighted by molar-refractivity contribution is 5.78. The summed E-state index contributed by atoms with van der Waals surface area (Å²) in [6.45, 7) is 6.97. The smallest absolute Gasteiger partial charge is 0.310 e. The lowest BCUT2D eigenvalue weighted by Gasteiger charge is -2.38. The predicted octanol–water partition coefficient (Wildman–Crippen LogP) is 3.93. The summed E-state index contributed by atoms with van der Waals surface area (Å²) in [5, 5.41) is 14.1. The molecule has 1 saturated heterocycles. The van der Waals surface area contributed by atoms with Crippen LogP contribution in [0.25, 0.3) is 11.3 Å². The zero-order chi connectivity index (χ0) is 20.3. The van der Waals surface area contributed by atoms with Crippen molar-refractivity contribution in [1.29, 1.82) is 0 Å². The molecule has 0 unspecified atom stereocenters. The lowest BCUT2D eigenvalue weighted by atomic mass is 9.75. The van der Waals surface area contributed by atoms with Crippen LogP contribution in [-0.4, -0.2) is 40.1 Å². The van der Waals surface area contributed by atoms with Gasteiger partial charge in [0.15, 0.2) is 0 Å². The molecule has 6 nitrogen and oxygen atoms in total. The molecular formula is C22H28N2O4. The molecule has 150 valence electrons. The molecular weight excluding hydrogens is 356 g/mol. The summed E-state index contributed by atoms with van der Waals surface area (Å²) in [7, 11) is 0. The number of aryl methyl sites for hydroxylation is 1. The molecule has 1 aliphatic rings.